The molecule has 1 saturated heterocycles. The molecule has 0 aromatic carbocycles. The van der Waals surface area contributed by atoms with E-state index in [2.05, 4.69) is 28.7 Å². The minimum absolute atomic E-state index is 0.180. The van der Waals surface area contributed by atoms with E-state index in [1.807, 2.05) is 0 Å². The maximum Gasteiger partial charge on any atom is 0.260 e. The van der Waals surface area contributed by atoms with Gasteiger partial charge >= 0.3 is 0 Å². The topological polar surface area (TPSA) is 69.3 Å². The molecule has 0 aliphatic carbocycles. The molecule has 0 bridgehead atoms. The second kappa shape index (κ2) is 5.38. The van der Waals surface area contributed by atoms with Crippen molar-refractivity contribution in [2.24, 2.45) is 5.92 Å². The monoisotopic (exact) mass is 272 g/mol. The summed E-state index contributed by atoms with van der Waals surface area (Å²) in [4.78, 5) is 8.74. The summed E-state index contributed by atoms with van der Waals surface area (Å²) >= 11 is 0. The van der Waals surface area contributed by atoms with Crippen molar-refractivity contribution in [3.63, 3.8) is 0 Å². The molecule has 1 aliphatic heterocycles. The molecule has 0 saturated carbocycles. The van der Waals surface area contributed by atoms with Gasteiger partial charge in [0.05, 0.1) is 12.5 Å². The Bertz CT molecular complexity index is 461. The number of hydrogen-bond donors (Lipinski definition) is 1. The number of aromatic amines is 1. The summed E-state index contributed by atoms with van der Waals surface area (Å²) in [6.45, 7) is 8.07. The molecule has 102 valence electrons. The predicted octanol–water partition coefficient (Wildman–Crippen LogP) is 0.372. The SMILES string of the molecule is CC(C)CN1CCN(S(=O)(=O)c2cnc[nH]2)CC1. The summed E-state index contributed by atoms with van der Waals surface area (Å²) in [6, 6.07) is 0. The van der Waals surface area contributed by atoms with Crippen molar-refractivity contribution in [1.82, 2.24) is 19.2 Å². The Morgan fingerprint density at radius 2 is 2.00 bits per heavy atom. The Morgan fingerprint density at radius 1 is 1.33 bits per heavy atom. The molecule has 0 unspecified atom stereocenters. The molecule has 1 aromatic heterocycles. The third-order valence-corrected chi connectivity index (χ3v) is 4.87. The first kappa shape index (κ1) is 13.5. The number of sulfonamides is 1. The molecule has 1 aromatic rings. The van der Waals surface area contributed by atoms with Gasteiger partial charge in [-0.15, -0.1) is 0 Å². The lowest BCUT2D eigenvalue weighted by Crippen LogP contribution is -2.49. The highest BCUT2D eigenvalue weighted by molar-refractivity contribution is 7.89. The van der Waals surface area contributed by atoms with Crippen LogP contribution in [0.15, 0.2) is 17.6 Å². The zero-order chi connectivity index (χ0) is 13.2. The molecule has 0 spiro atoms. The maximum atomic E-state index is 12.2. The number of nitrogens with one attached hydrogen (secondary N) is 1. The molecule has 1 aliphatic rings. The molecule has 7 heteroatoms. The zero-order valence-corrected chi connectivity index (χ0v) is 11.7. The van der Waals surface area contributed by atoms with Gasteiger partial charge in [-0.3, -0.25) is 0 Å². The maximum absolute atomic E-state index is 12.2. The molecule has 0 radical (unpaired) electrons. The van der Waals surface area contributed by atoms with Gasteiger partial charge in [-0.2, -0.15) is 4.31 Å². The van der Waals surface area contributed by atoms with E-state index in [9.17, 15) is 8.42 Å². The number of nitrogens with zero attached hydrogens (tertiary/aromatic N) is 3. The third-order valence-electron chi connectivity index (χ3n) is 3.05. The van der Waals surface area contributed by atoms with Gasteiger partial charge in [0.15, 0.2) is 5.03 Å². The highest BCUT2D eigenvalue weighted by atomic mass is 32.2. The zero-order valence-electron chi connectivity index (χ0n) is 10.8. The second-order valence-corrected chi connectivity index (χ2v) is 6.92. The third kappa shape index (κ3) is 2.90. The first-order chi connectivity index (χ1) is 8.50. The molecule has 1 fully saturated rings. The average Bonchev–Trinajstić information content (AvgIpc) is 2.83. The summed E-state index contributed by atoms with van der Waals surface area (Å²) < 4.78 is 26.0. The molecule has 1 N–H and O–H groups in total. The van der Waals surface area contributed by atoms with Gasteiger partial charge in [0, 0.05) is 32.7 Å². The van der Waals surface area contributed by atoms with Crippen LogP contribution in [0, 0.1) is 5.92 Å². The van der Waals surface area contributed by atoms with Gasteiger partial charge in [-0.25, -0.2) is 13.4 Å². The van der Waals surface area contributed by atoms with E-state index in [1.165, 1.54) is 16.8 Å². The van der Waals surface area contributed by atoms with Gasteiger partial charge in [-0.1, -0.05) is 13.8 Å². The highest BCUT2D eigenvalue weighted by Crippen LogP contribution is 2.15. The minimum Gasteiger partial charge on any atom is -0.335 e. The summed E-state index contributed by atoms with van der Waals surface area (Å²) in [5.74, 6) is 0.612. The van der Waals surface area contributed by atoms with Gasteiger partial charge in [-0.05, 0) is 5.92 Å². The van der Waals surface area contributed by atoms with E-state index in [0.29, 0.717) is 19.0 Å². The van der Waals surface area contributed by atoms with Crippen molar-refractivity contribution >= 4 is 10.0 Å². The fraction of sp³-hybridized carbons (Fsp3) is 0.727. The smallest absolute Gasteiger partial charge is 0.260 e. The fourth-order valence-corrected chi connectivity index (χ4v) is 3.51. The van der Waals surface area contributed by atoms with Crippen LogP contribution < -0.4 is 0 Å². The molecule has 0 amide bonds. The van der Waals surface area contributed by atoms with E-state index < -0.39 is 10.0 Å². The van der Waals surface area contributed by atoms with Crippen LogP contribution in [0.4, 0.5) is 0 Å². The first-order valence-corrected chi connectivity index (χ1v) is 7.65. The van der Waals surface area contributed by atoms with Crippen LogP contribution in [0.2, 0.25) is 0 Å². The Morgan fingerprint density at radius 3 is 2.50 bits per heavy atom. The van der Waals surface area contributed by atoms with Crippen molar-refractivity contribution in [2.45, 2.75) is 18.9 Å². The number of H-pyrrole nitrogens is 1. The van der Waals surface area contributed by atoms with Gasteiger partial charge in [0.2, 0.25) is 0 Å². The number of imidazole rings is 1. The van der Waals surface area contributed by atoms with E-state index in [-0.39, 0.29) is 5.03 Å². The number of piperazine rings is 1. The largest absolute Gasteiger partial charge is 0.335 e. The molecule has 2 rings (SSSR count). The first-order valence-electron chi connectivity index (χ1n) is 6.21. The van der Waals surface area contributed by atoms with Crippen LogP contribution >= 0.6 is 0 Å². The number of aromatic nitrogens is 2. The second-order valence-electron chi connectivity index (χ2n) is 5.01. The van der Waals surface area contributed by atoms with Gasteiger partial charge < -0.3 is 9.88 Å². The van der Waals surface area contributed by atoms with Crippen LogP contribution in [-0.2, 0) is 10.0 Å². The van der Waals surface area contributed by atoms with Crippen LogP contribution in [0.5, 0.6) is 0 Å². The number of rotatable bonds is 4. The van der Waals surface area contributed by atoms with E-state index in [0.717, 1.165) is 19.6 Å². The summed E-state index contributed by atoms with van der Waals surface area (Å²) in [7, 11) is -3.38. The minimum atomic E-state index is -3.38. The normalized spacial score (nSPS) is 19.5. The molecular formula is C11H20N4O2S. The van der Waals surface area contributed by atoms with Crippen molar-refractivity contribution in [1.29, 1.82) is 0 Å². The standard InChI is InChI=1S/C11H20N4O2S/c1-10(2)8-14-3-5-15(6-4-14)18(16,17)11-7-12-9-13-11/h7,9-10H,3-6,8H2,1-2H3,(H,12,13). The van der Waals surface area contributed by atoms with Crippen molar-refractivity contribution < 1.29 is 8.42 Å². The Labute approximate surface area is 108 Å². The molecule has 2 heterocycles. The van der Waals surface area contributed by atoms with Crippen LogP contribution in [0.3, 0.4) is 0 Å². The predicted molar refractivity (Wildman–Crippen MR) is 68.6 cm³/mol. The lowest BCUT2D eigenvalue weighted by Gasteiger charge is -2.34. The van der Waals surface area contributed by atoms with Crippen LogP contribution in [0.25, 0.3) is 0 Å². The van der Waals surface area contributed by atoms with Crippen molar-refractivity contribution in [3.8, 4) is 0 Å². The van der Waals surface area contributed by atoms with Crippen molar-refractivity contribution in [2.75, 3.05) is 32.7 Å². The van der Waals surface area contributed by atoms with Gasteiger partial charge in [0.25, 0.3) is 10.0 Å². The molecule has 0 atom stereocenters. The lowest BCUT2D eigenvalue weighted by atomic mass is 10.2. The highest BCUT2D eigenvalue weighted by Gasteiger charge is 2.29. The Kier molecular flexibility index (Phi) is 4.04. The Balaban J connectivity index is 1.98. The van der Waals surface area contributed by atoms with E-state index >= 15 is 0 Å². The van der Waals surface area contributed by atoms with Gasteiger partial charge in [0.1, 0.15) is 0 Å². The fourth-order valence-electron chi connectivity index (χ4n) is 2.19. The molecule has 6 nitrogen and oxygen atoms in total. The van der Waals surface area contributed by atoms with E-state index in [1.54, 1.807) is 0 Å². The summed E-state index contributed by atoms with van der Waals surface area (Å²) in [5, 5.41) is 0.180. The number of hydrogen-bond acceptors (Lipinski definition) is 4. The quantitative estimate of drug-likeness (QED) is 0.860. The average molecular weight is 272 g/mol. The summed E-state index contributed by atoms with van der Waals surface area (Å²) in [6.07, 6.45) is 2.75. The molecule has 18 heavy (non-hydrogen) atoms. The Hall–Kier alpha value is -0.920. The van der Waals surface area contributed by atoms with Crippen LogP contribution in [-0.4, -0.2) is 60.3 Å². The molecular weight excluding hydrogens is 252 g/mol. The summed E-state index contributed by atoms with van der Waals surface area (Å²) in [5.41, 5.74) is 0. The van der Waals surface area contributed by atoms with Crippen molar-refractivity contribution in [3.05, 3.63) is 12.5 Å². The van der Waals surface area contributed by atoms with E-state index in [4.69, 9.17) is 0 Å². The van der Waals surface area contributed by atoms with Crippen LogP contribution in [0.1, 0.15) is 13.8 Å². The lowest BCUT2D eigenvalue weighted by molar-refractivity contribution is 0.172.